The third-order valence-electron chi connectivity index (χ3n) is 5.23. The van der Waals surface area contributed by atoms with Gasteiger partial charge in [-0.1, -0.05) is 85.0 Å². The molecule has 150 valence electrons. The van der Waals surface area contributed by atoms with Crippen molar-refractivity contribution in [1.29, 1.82) is 0 Å². The van der Waals surface area contributed by atoms with Crippen LogP contribution >= 0.6 is 0 Å². The predicted molar refractivity (Wildman–Crippen MR) is 118 cm³/mol. The summed E-state index contributed by atoms with van der Waals surface area (Å²) in [6.07, 6.45) is 8.21. The van der Waals surface area contributed by atoms with E-state index in [0.29, 0.717) is 0 Å². The number of benzene rings is 3. The van der Waals surface area contributed by atoms with Gasteiger partial charge in [-0.25, -0.2) is 0 Å². The highest BCUT2D eigenvalue weighted by Crippen LogP contribution is 2.32. The van der Waals surface area contributed by atoms with Crippen LogP contribution in [0.25, 0.3) is 27.8 Å². The fourth-order valence-electron chi connectivity index (χ4n) is 3.58. The first-order chi connectivity index (χ1) is 14.5. The van der Waals surface area contributed by atoms with Crippen LogP contribution in [-0.2, 0) is 6.18 Å². The summed E-state index contributed by atoms with van der Waals surface area (Å²) in [5, 5.41) is 0. The Hall–Kier alpha value is -3.33. The summed E-state index contributed by atoms with van der Waals surface area (Å²) in [5.74, 6) is 0. The zero-order chi connectivity index (χ0) is 21.0. The highest BCUT2D eigenvalue weighted by molar-refractivity contribution is 5.75. The molecule has 0 spiro atoms. The van der Waals surface area contributed by atoms with E-state index >= 15 is 0 Å². The van der Waals surface area contributed by atoms with Gasteiger partial charge in [0.1, 0.15) is 0 Å². The van der Waals surface area contributed by atoms with Crippen molar-refractivity contribution < 1.29 is 13.2 Å². The summed E-state index contributed by atoms with van der Waals surface area (Å²) in [6, 6.07) is 21.6. The molecule has 0 bridgehead atoms. The lowest BCUT2D eigenvalue weighted by Gasteiger charge is -2.11. The molecule has 3 aromatic carbocycles. The molecule has 0 amide bonds. The van der Waals surface area contributed by atoms with Gasteiger partial charge in [0.25, 0.3) is 0 Å². The Kier molecular flexibility index (Phi) is 5.71. The SMILES string of the molecule is FC(F)(F)c1ccc(-c2cccc(-c3ccc(/C4=C/C=C\C=C/CC4)cc3)c2)cc1. The second kappa shape index (κ2) is 8.58. The van der Waals surface area contributed by atoms with Crippen LogP contribution in [0.4, 0.5) is 13.2 Å². The highest BCUT2D eigenvalue weighted by Gasteiger charge is 2.29. The van der Waals surface area contributed by atoms with Gasteiger partial charge in [0, 0.05) is 0 Å². The maximum Gasteiger partial charge on any atom is 0.416 e. The molecule has 0 saturated carbocycles. The smallest absolute Gasteiger partial charge is 0.166 e. The number of allylic oxidation sites excluding steroid dienone is 6. The Balaban J connectivity index is 1.58. The van der Waals surface area contributed by atoms with Gasteiger partial charge >= 0.3 is 6.18 Å². The minimum Gasteiger partial charge on any atom is -0.166 e. The molecule has 3 heteroatoms. The Bertz CT molecular complexity index is 1100. The first kappa shape index (κ1) is 20.0. The van der Waals surface area contributed by atoms with Crippen LogP contribution in [0.3, 0.4) is 0 Å². The lowest BCUT2D eigenvalue weighted by molar-refractivity contribution is -0.137. The standard InChI is InChI=1S/C27H21F3/c28-27(29,30)26-17-15-23(16-18-26)25-10-6-9-24(19-25)22-13-11-21(12-14-22)20-7-4-2-1-3-5-8-20/h1-4,6-7,9-19H,5,8H2/b3-1-,4-2-,20-7+. The third-order valence-corrected chi connectivity index (χ3v) is 5.23. The fraction of sp³-hybridized carbons (Fsp3) is 0.111. The summed E-state index contributed by atoms with van der Waals surface area (Å²) >= 11 is 0. The van der Waals surface area contributed by atoms with Gasteiger partial charge in [-0.15, -0.1) is 0 Å². The van der Waals surface area contributed by atoms with Crippen molar-refractivity contribution in [2.75, 3.05) is 0 Å². The Morgan fingerprint density at radius 3 is 1.83 bits per heavy atom. The molecule has 1 aliphatic carbocycles. The molecule has 4 rings (SSSR count). The summed E-state index contributed by atoms with van der Waals surface area (Å²) < 4.78 is 38.4. The van der Waals surface area contributed by atoms with Crippen LogP contribution in [0, 0.1) is 0 Å². The molecule has 0 radical (unpaired) electrons. The fourth-order valence-corrected chi connectivity index (χ4v) is 3.58. The minimum absolute atomic E-state index is 0.633. The van der Waals surface area contributed by atoms with E-state index in [9.17, 15) is 13.2 Å². The van der Waals surface area contributed by atoms with E-state index in [1.807, 2.05) is 30.3 Å². The van der Waals surface area contributed by atoms with Crippen molar-refractivity contribution >= 4 is 5.57 Å². The maximum absolute atomic E-state index is 12.8. The van der Waals surface area contributed by atoms with E-state index in [4.69, 9.17) is 0 Å². The highest BCUT2D eigenvalue weighted by atomic mass is 19.4. The van der Waals surface area contributed by atoms with Crippen molar-refractivity contribution in [1.82, 2.24) is 0 Å². The molecule has 0 nitrogen and oxygen atoms in total. The van der Waals surface area contributed by atoms with Gasteiger partial charge in [0.05, 0.1) is 5.56 Å². The summed E-state index contributed by atoms with van der Waals surface area (Å²) in [6.45, 7) is 0. The van der Waals surface area contributed by atoms with E-state index in [2.05, 4.69) is 48.6 Å². The normalized spacial score (nSPS) is 18.0. The predicted octanol–water partition coefficient (Wildman–Crippen LogP) is 8.33. The second-order valence-corrected chi connectivity index (χ2v) is 7.28. The van der Waals surface area contributed by atoms with Gasteiger partial charge in [-0.05, 0) is 64.4 Å². The molecule has 1 aliphatic rings. The zero-order valence-electron chi connectivity index (χ0n) is 16.4. The molecule has 0 N–H and O–H groups in total. The van der Waals surface area contributed by atoms with Crippen LogP contribution in [-0.4, -0.2) is 0 Å². The summed E-state index contributed by atoms with van der Waals surface area (Å²) in [7, 11) is 0. The van der Waals surface area contributed by atoms with Crippen molar-refractivity contribution in [2.24, 2.45) is 0 Å². The average Bonchev–Trinajstić information content (AvgIpc) is 2.73. The molecular formula is C27H21F3. The van der Waals surface area contributed by atoms with E-state index in [-0.39, 0.29) is 0 Å². The quantitative estimate of drug-likeness (QED) is 0.413. The second-order valence-electron chi connectivity index (χ2n) is 7.28. The van der Waals surface area contributed by atoms with Crippen LogP contribution in [0.2, 0.25) is 0 Å². The van der Waals surface area contributed by atoms with Crippen LogP contribution in [0.5, 0.6) is 0 Å². The van der Waals surface area contributed by atoms with E-state index < -0.39 is 11.7 Å². The zero-order valence-corrected chi connectivity index (χ0v) is 16.4. The first-order valence-corrected chi connectivity index (χ1v) is 9.91. The largest absolute Gasteiger partial charge is 0.416 e. The Morgan fingerprint density at radius 1 is 0.600 bits per heavy atom. The Morgan fingerprint density at radius 2 is 1.20 bits per heavy atom. The van der Waals surface area contributed by atoms with Crippen molar-refractivity contribution in [2.45, 2.75) is 19.0 Å². The molecule has 0 atom stereocenters. The van der Waals surface area contributed by atoms with Gasteiger partial charge < -0.3 is 0 Å². The van der Waals surface area contributed by atoms with Gasteiger partial charge in [0.2, 0.25) is 0 Å². The molecule has 3 aromatic rings. The third kappa shape index (κ3) is 4.62. The van der Waals surface area contributed by atoms with Crippen LogP contribution in [0.15, 0.2) is 103 Å². The number of halogens is 3. The molecule has 0 aromatic heterocycles. The van der Waals surface area contributed by atoms with Crippen molar-refractivity contribution in [3.63, 3.8) is 0 Å². The minimum atomic E-state index is -4.32. The molecule has 0 unspecified atom stereocenters. The van der Waals surface area contributed by atoms with Crippen molar-refractivity contribution in [3.8, 4) is 22.3 Å². The van der Waals surface area contributed by atoms with E-state index in [1.54, 1.807) is 0 Å². The number of alkyl halides is 3. The van der Waals surface area contributed by atoms with E-state index in [1.165, 1.54) is 23.3 Å². The number of hydrogen-bond acceptors (Lipinski definition) is 0. The van der Waals surface area contributed by atoms with Crippen LogP contribution in [0.1, 0.15) is 24.0 Å². The molecule has 0 fully saturated rings. The molecule has 0 saturated heterocycles. The molecule has 0 heterocycles. The molecular weight excluding hydrogens is 381 g/mol. The summed E-state index contributed by atoms with van der Waals surface area (Å²) in [5.41, 5.74) is 5.65. The lowest BCUT2D eigenvalue weighted by atomic mass is 9.95. The van der Waals surface area contributed by atoms with Gasteiger partial charge in [-0.3, -0.25) is 0 Å². The van der Waals surface area contributed by atoms with Crippen LogP contribution < -0.4 is 0 Å². The molecule has 30 heavy (non-hydrogen) atoms. The van der Waals surface area contributed by atoms with E-state index in [0.717, 1.165) is 47.2 Å². The lowest BCUT2D eigenvalue weighted by Crippen LogP contribution is -2.03. The maximum atomic E-state index is 12.8. The Labute approximate surface area is 174 Å². The van der Waals surface area contributed by atoms with Gasteiger partial charge in [-0.2, -0.15) is 13.2 Å². The van der Waals surface area contributed by atoms with Crippen molar-refractivity contribution in [3.05, 3.63) is 114 Å². The first-order valence-electron chi connectivity index (χ1n) is 9.91. The topological polar surface area (TPSA) is 0 Å². The monoisotopic (exact) mass is 402 g/mol. The average molecular weight is 402 g/mol. The number of hydrogen-bond donors (Lipinski definition) is 0. The summed E-state index contributed by atoms with van der Waals surface area (Å²) in [4.78, 5) is 0. The van der Waals surface area contributed by atoms with Gasteiger partial charge in [0.15, 0.2) is 0 Å². The number of rotatable bonds is 3. The molecule has 0 aliphatic heterocycles.